The molecule has 0 amide bonds. The van der Waals surface area contributed by atoms with Crippen molar-refractivity contribution < 1.29 is 4.39 Å². The molecule has 106 valence electrons. The summed E-state index contributed by atoms with van der Waals surface area (Å²) in [7, 11) is 1.74. The van der Waals surface area contributed by atoms with Gasteiger partial charge in [0.25, 0.3) is 5.56 Å². The number of halogens is 1. The molecule has 1 aromatic carbocycles. The molecule has 0 atom stereocenters. The van der Waals surface area contributed by atoms with Crippen LogP contribution in [-0.4, -0.2) is 22.2 Å². The Morgan fingerprint density at radius 1 is 1.14 bits per heavy atom. The van der Waals surface area contributed by atoms with Crippen LogP contribution < -0.4 is 10.9 Å². The molecule has 0 radical (unpaired) electrons. The number of nitrogens with one attached hydrogen (secondary N) is 2. The standard InChI is InChI=1S/C14H11FN4OS/c1-16-14-19-18-13(21-14)10-6-7-11(17-12(10)20)8-2-4-9(15)5-3-8/h2-7H,1H3,(H,16,19)(H,17,20). The van der Waals surface area contributed by atoms with E-state index in [1.54, 1.807) is 31.3 Å². The maximum Gasteiger partial charge on any atom is 0.258 e. The van der Waals surface area contributed by atoms with E-state index in [9.17, 15) is 9.18 Å². The van der Waals surface area contributed by atoms with E-state index in [1.165, 1.54) is 23.5 Å². The Morgan fingerprint density at radius 3 is 2.52 bits per heavy atom. The zero-order valence-electron chi connectivity index (χ0n) is 11.1. The fourth-order valence-corrected chi connectivity index (χ4v) is 2.59. The molecule has 0 aliphatic rings. The monoisotopic (exact) mass is 302 g/mol. The second kappa shape index (κ2) is 5.45. The van der Waals surface area contributed by atoms with E-state index in [0.29, 0.717) is 21.4 Å². The molecule has 0 fully saturated rings. The van der Waals surface area contributed by atoms with E-state index in [2.05, 4.69) is 20.5 Å². The van der Waals surface area contributed by atoms with Gasteiger partial charge in [-0.2, -0.15) is 0 Å². The lowest BCUT2D eigenvalue weighted by Crippen LogP contribution is -2.09. The van der Waals surface area contributed by atoms with Gasteiger partial charge in [-0.1, -0.05) is 11.3 Å². The number of benzene rings is 1. The van der Waals surface area contributed by atoms with Crippen molar-refractivity contribution in [1.29, 1.82) is 0 Å². The molecule has 0 saturated carbocycles. The van der Waals surface area contributed by atoms with Crippen LogP contribution >= 0.6 is 11.3 Å². The molecule has 2 N–H and O–H groups in total. The second-order valence-corrected chi connectivity index (χ2v) is 5.26. The Balaban J connectivity index is 2.00. The summed E-state index contributed by atoms with van der Waals surface area (Å²) >= 11 is 1.30. The van der Waals surface area contributed by atoms with E-state index in [-0.39, 0.29) is 11.4 Å². The number of nitrogens with zero attached hydrogens (tertiary/aromatic N) is 2. The largest absolute Gasteiger partial charge is 0.363 e. The molecule has 21 heavy (non-hydrogen) atoms. The third-order valence-corrected chi connectivity index (χ3v) is 3.91. The number of hydrogen-bond donors (Lipinski definition) is 2. The first kappa shape index (κ1) is 13.4. The first-order valence-electron chi connectivity index (χ1n) is 6.18. The lowest BCUT2D eigenvalue weighted by atomic mass is 10.1. The predicted octanol–water partition coefficient (Wildman–Crippen LogP) is 2.74. The summed E-state index contributed by atoms with van der Waals surface area (Å²) in [5, 5.41) is 11.9. The molecule has 0 unspecified atom stereocenters. The lowest BCUT2D eigenvalue weighted by Gasteiger charge is -2.02. The molecule has 7 heteroatoms. The molecular formula is C14H11FN4OS. The van der Waals surface area contributed by atoms with E-state index < -0.39 is 0 Å². The summed E-state index contributed by atoms with van der Waals surface area (Å²) in [6, 6.07) is 9.40. The third-order valence-electron chi connectivity index (χ3n) is 2.93. The van der Waals surface area contributed by atoms with Crippen molar-refractivity contribution in [1.82, 2.24) is 15.2 Å². The fourth-order valence-electron chi connectivity index (χ4n) is 1.87. The first-order chi connectivity index (χ1) is 10.2. The molecule has 3 aromatic rings. The van der Waals surface area contributed by atoms with Gasteiger partial charge in [0, 0.05) is 12.7 Å². The summed E-state index contributed by atoms with van der Waals surface area (Å²) in [6.07, 6.45) is 0. The van der Waals surface area contributed by atoms with Crippen LogP contribution in [0, 0.1) is 5.82 Å². The van der Waals surface area contributed by atoms with Gasteiger partial charge in [-0.15, -0.1) is 10.2 Å². The van der Waals surface area contributed by atoms with Gasteiger partial charge in [0.15, 0.2) is 5.01 Å². The minimum absolute atomic E-state index is 0.254. The average Bonchev–Trinajstić information content (AvgIpc) is 2.96. The van der Waals surface area contributed by atoms with Crippen LogP contribution in [0.4, 0.5) is 9.52 Å². The SMILES string of the molecule is CNc1nnc(-c2ccc(-c3ccc(F)cc3)[nH]c2=O)s1. The lowest BCUT2D eigenvalue weighted by molar-refractivity contribution is 0.628. The Bertz CT molecular complexity index is 825. The molecule has 0 aliphatic heterocycles. The third kappa shape index (κ3) is 2.68. The molecule has 0 bridgehead atoms. The van der Waals surface area contributed by atoms with Crippen molar-refractivity contribution in [2.45, 2.75) is 0 Å². The normalized spacial score (nSPS) is 10.6. The number of aromatic nitrogens is 3. The minimum atomic E-state index is -0.314. The molecule has 0 spiro atoms. The topological polar surface area (TPSA) is 70.7 Å². The number of hydrogen-bond acceptors (Lipinski definition) is 5. The Morgan fingerprint density at radius 2 is 1.90 bits per heavy atom. The van der Waals surface area contributed by atoms with Crippen LogP contribution in [0.15, 0.2) is 41.2 Å². The second-order valence-electron chi connectivity index (χ2n) is 4.28. The molecule has 0 saturated heterocycles. The molecule has 2 heterocycles. The van der Waals surface area contributed by atoms with E-state index >= 15 is 0 Å². The summed E-state index contributed by atoms with van der Waals surface area (Å²) in [4.78, 5) is 14.9. The van der Waals surface area contributed by atoms with Gasteiger partial charge in [0.1, 0.15) is 5.82 Å². The van der Waals surface area contributed by atoms with E-state index in [1.807, 2.05) is 0 Å². The highest BCUT2D eigenvalue weighted by Crippen LogP contribution is 2.24. The van der Waals surface area contributed by atoms with Crippen molar-refractivity contribution in [3.05, 3.63) is 52.6 Å². The van der Waals surface area contributed by atoms with Crippen LogP contribution in [0.2, 0.25) is 0 Å². The van der Waals surface area contributed by atoms with Crippen molar-refractivity contribution in [2.24, 2.45) is 0 Å². The highest BCUT2D eigenvalue weighted by atomic mass is 32.1. The smallest absolute Gasteiger partial charge is 0.258 e. The summed E-state index contributed by atoms with van der Waals surface area (Å²) in [5.41, 5.74) is 1.57. The van der Waals surface area contributed by atoms with Gasteiger partial charge in [0.2, 0.25) is 5.13 Å². The predicted molar refractivity (Wildman–Crippen MR) is 80.9 cm³/mol. The van der Waals surface area contributed by atoms with Gasteiger partial charge in [-0.05, 0) is 42.0 Å². The van der Waals surface area contributed by atoms with Crippen LogP contribution in [-0.2, 0) is 0 Å². The van der Waals surface area contributed by atoms with Crippen molar-refractivity contribution in [3.8, 4) is 21.8 Å². The van der Waals surface area contributed by atoms with Crippen molar-refractivity contribution >= 4 is 16.5 Å². The summed E-state index contributed by atoms with van der Waals surface area (Å²) < 4.78 is 12.9. The van der Waals surface area contributed by atoms with Gasteiger partial charge < -0.3 is 10.3 Å². The molecule has 3 rings (SSSR count). The number of pyridine rings is 1. The highest BCUT2D eigenvalue weighted by molar-refractivity contribution is 7.18. The van der Waals surface area contributed by atoms with Crippen LogP contribution in [0.5, 0.6) is 0 Å². The number of anilines is 1. The Labute approximate surface area is 123 Å². The van der Waals surface area contributed by atoms with Crippen molar-refractivity contribution in [2.75, 3.05) is 12.4 Å². The Hall–Kier alpha value is -2.54. The average molecular weight is 302 g/mol. The maximum absolute atomic E-state index is 12.9. The van der Waals surface area contributed by atoms with Crippen LogP contribution in [0.1, 0.15) is 0 Å². The minimum Gasteiger partial charge on any atom is -0.363 e. The zero-order chi connectivity index (χ0) is 14.8. The zero-order valence-corrected chi connectivity index (χ0v) is 11.9. The number of aromatic amines is 1. The van der Waals surface area contributed by atoms with E-state index in [0.717, 1.165) is 5.56 Å². The number of rotatable bonds is 3. The summed E-state index contributed by atoms with van der Waals surface area (Å²) in [5.74, 6) is -0.314. The molecule has 5 nitrogen and oxygen atoms in total. The van der Waals surface area contributed by atoms with Gasteiger partial charge in [-0.25, -0.2) is 4.39 Å². The highest BCUT2D eigenvalue weighted by Gasteiger charge is 2.10. The first-order valence-corrected chi connectivity index (χ1v) is 7.00. The Kier molecular flexibility index (Phi) is 3.49. The van der Waals surface area contributed by atoms with E-state index in [4.69, 9.17) is 0 Å². The van der Waals surface area contributed by atoms with Gasteiger partial charge in [-0.3, -0.25) is 4.79 Å². The maximum atomic E-state index is 12.9. The quantitative estimate of drug-likeness (QED) is 0.780. The molecular weight excluding hydrogens is 291 g/mol. The number of H-pyrrole nitrogens is 1. The van der Waals surface area contributed by atoms with Gasteiger partial charge >= 0.3 is 0 Å². The fraction of sp³-hybridized carbons (Fsp3) is 0.0714. The summed E-state index contributed by atoms with van der Waals surface area (Å²) in [6.45, 7) is 0. The molecule has 0 aliphatic carbocycles. The van der Waals surface area contributed by atoms with Crippen molar-refractivity contribution in [3.63, 3.8) is 0 Å². The van der Waals surface area contributed by atoms with Crippen LogP contribution in [0.25, 0.3) is 21.8 Å². The van der Waals surface area contributed by atoms with Crippen LogP contribution in [0.3, 0.4) is 0 Å². The molecule has 2 aromatic heterocycles. The van der Waals surface area contributed by atoms with Gasteiger partial charge in [0.05, 0.1) is 5.56 Å².